The summed E-state index contributed by atoms with van der Waals surface area (Å²) in [7, 11) is 1.28. The molecule has 1 aliphatic rings. The molecular formula is C16H27IN4O7. The molecule has 1 atom stereocenters. The minimum Gasteiger partial charge on any atom is -0.453 e. The van der Waals surface area contributed by atoms with Gasteiger partial charge in [-0.2, -0.15) is 0 Å². The number of alkyl carbamates (subject to hydrolysis) is 2. The molecule has 0 aliphatic carbocycles. The van der Waals surface area contributed by atoms with Crippen molar-refractivity contribution in [2.45, 2.75) is 32.2 Å². The van der Waals surface area contributed by atoms with Crippen LogP contribution in [-0.4, -0.2) is 86.5 Å². The predicted octanol–water partition coefficient (Wildman–Crippen LogP) is 1.26. The summed E-state index contributed by atoms with van der Waals surface area (Å²) < 4.78 is 14.0. The van der Waals surface area contributed by atoms with Crippen LogP contribution in [0.25, 0.3) is 0 Å². The first-order valence-electron chi connectivity index (χ1n) is 9.04. The van der Waals surface area contributed by atoms with Crippen LogP contribution < -0.4 is 10.6 Å². The highest BCUT2D eigenvalue weighted by Gasteiger charge is 2.30. The molecule has 1 fully saturated rings. The lowest BCUT2D eigenvalue weighted by atomic mass is 10.1. The van der Waals surface area contributed by atoms with Gasteiger partial charge in [-0.05, 0) is 26.2 Å². The normalized spacial score (nSPS) is 14.7. The van der Waals surface area contributed by atoms with Crippen molar-refractivity contribution in [3.05, 3.63) is 0 Å². The lowest BCUT2D eigenvalue weighted by Gasteiger charge is -2.35. The molecule has 1 heterocycles. The molecule has 2 N–H and O–H groups in total. The van der Waals surface area contributed by atoms with Crippen LogP contribution in [0.1, 0.15) is 26.2 Å². The van der Waals surface area contributed by atoms with E-state index in [-0.39, 0.29) is 12.5 Å². The molecule has 11 nitrogen and oxygen atoms in total. The Hall–Kier alpha value is -1.99. The molecular weight excluding hydrogens is 487 g/mol. The second-order valence-electron chi connectivity index (χ2n) is 5.99. The molecule has 0 saturated carbocycles. The Bertz CT molecular complexity index is 541. The third-order valence-electron chi connectivity index (χ3n) is 4.16. The molecule has 0 bridgehead atoms. The summed E-state index contributed by atoms with van der Waals surface area (Å²) in [6.07, 6.45) is 0.0242. The van der Waals surface area contributed by atoms with E-state index in [1.54, 1.807) is 11.8 Å². The van der Waals surface area contributed by atoms with Crippen LogP contribution in [0.4, 0.5) is 14.4 Å². The maximum Gasteiger partial charge on any atom is 0.419 e. The molecule has 12 heteroatoms. The predicted molar refractivity (Wildman–Crippen MR) is 107 cm³/mol. The molecule has 0 aromatic rings. The van der Waals surface area contributed by atoms with Crippen molar-refractivity contribution in [2.75, 3.05) is 46.4 Å². The highest BCUT2D eigenvalue weighted by atomic mass is 127. The fraction of sp³-hybridized carbons (Fsp3) is 0.750. The summed E-state index contributed by atoms with van der Waals surface area (Å²) in [5.74, 6) is -0.225. The van der Waals surface area contributed by atoms with E-state index in [0.29, 0.717) is 52.0 Å². The Balaban J connectivity index is 2.55. The van der Waals surface area contributed by atoms with E-state index in [1.807, 2.05) is 0 Å². The van der Waals surface area contributed by atoms with E-state index in [4.69, 9.17) is 4.74 Å². The summed E-state index contributed by atoms with van der Waals surface area (Å²) in [6.45, 7) is 3.73. The van der Waals surface area contributed by atoms with Crippen LogP contribution in [0.2, 0.25) is 0 Å². The van der Waals surface area contributed by atoms with E-state index in [0.717, 1.165) is 0 Å². The molecule has 1 aliphatic heterocycles. The summed E-state index contributed by atoms with van der Waals surface area (Å²) in [4.78, 5) is 50.3. The summed E-state index contributed by atoms with van der Waals surface area (Å²) >= 11 is 1.53. The number of nitrogens with one attached hydrogen (secondary N) is 2. The highest BCUT2D eigenvalue weighted by molar-refractivity contribution is 14.1. The molecule has 4 amide bonds. The fourth-order valence-electron chi connectivity index (χ4n) is 2.69. The number of carbonyl (C=O) groups is 4. The van der Waals surface area contributed by atoms with Gasteiger partial charge in [0.05, 0.1) is 13.7 Å². The lowest BCUT2D eigenvalue weighted by Crippen LogP contribution is -2.55. The number of ether oxygens (including phenoxy) is 2. The van der Waals surface area contributed by atoms with Gasteiger partial charge in [-0.1, -0.05) is 0 Å². The van der Waals surface area contributed by atoms with Crippen molar-refractivity contribution in [3.63, 3.8) is 0 Å². The van der Waals surface area contributed by atoms with E-state index >= 15 is 0 Å². The van der Waals surface area contributed by atoms with E-state index in [1.165, 1.54) is 35.0 Å². The van der Waals surface area contributed by atoms with Crippen LogP contribution in [0.3, 0.4) is 0 Å². The van der Waals surface area contributed by atoms with Gasteiger partial charge in [0, 0.05) is 32.7 Å². The zero-order valence-electron chi connectivity index (χ0n) is 16.1. The number of piperazine rings is 1. The quantitative estimate of drug-likeness (QED) is 0.369. The SMILES string of the molecule is CCOC(=O)NC(CCCCNC(=O)OC)C(=O)N1CCN(C(=O)OI)CC1. The average Bonchev–Trinajstić information content (AvgIpc) is 2.71. The van der Waals surface area contributed by atoms with Crippen LogP contribution in [-0.2, 0) is 17.3 Å². The molecule has 0 spiro atoms. The molecule has 28 heavy (non-hydrogen) atoms. The number of amides is 4. The van der Waals surface area contributed by atoms with E-state index < -0.39 is 24.3 Å². The number of rotatable bonds is 8. The zero-order chi connectivity index (χ0) is 20.9. The maximum absolute atomic E-state index is 12.8. The van der Waals surface area contributed by atoms with Gasteiger partial charge in [0.15, 0.2) is 23.0 Å². The molecule has 0 radical (unpaired) electrons. The number of nitrogens with zero attached hydrogens (tertiary/aromatic N) is 2. The van der Waals surface area contributed by atoms with Crippen LogP contribution >= 0.6 is 23.0 Å². The number of unbranched alkanes of at least 4 members (excludes halogenated alkanes) is 1. The van der Waals surface area contributed by atoms with Gasteiger partial charge in [0.1, 0.15) is 6.04 Å². The Kier molecular flexibility index (Phi) is 11.4. The average molecular weight is 514 g/mol. The number of hydrogen-bond donors (Lipinski definition) is 2. The van der Waals surface area contributed by atoms with Crippen LogP contribution in [0, 0.1) is 0 Å². The summed E-state index contributed by atoms with van der Waals surface area (Å²) in [6, 6.07) is -0.736. The first kappa shape index (κ1) is 24.0. The molecule has 1 rings (SSSR count). The standard InChI is InChI=1S/C16H27IN4O7/c1-3-27-15(24)19-12(6-4-5-7-18-14(23)26-2)13(22)20-8-10-21(11-9-20)16(25)28-17/h12H,3-11H2,1-2H3,(H,18,23)(H,19,24). The highest BCUT2D eigenvalue weighted by Crippen LogP contribution is 2.10. The van der Waals surface area contributed by atoms with Crippen molar-refractivity contribution in [3.8, 4) is 0 Å². The molecule has 160 valence electrons. The minimum absolute atomic E-state index is 0.201. The van der Waals surface area contributed by atoms with Crippen molar-refractivity contribution in [1.82, 2.24) is 20.4 Å². The van der Waals surface area contributed by atoms with Crippen molar-refractivity contribution in [1.29, 1.82) is 0 Å². The summed E-state index contributed by atoms with van der Waals surface area (Å²) in [5, 5.41) is 5.16. The van der Waals surface area contributed by atoms with Gasteiger partial charge in [-0.15, -0.1) is 0 Å². The minimum atomic E-state index is -0.736. The Morgan fingerprint density at radius 3 is 2.25 bits per heavy atom. The molecule has 0 aromatic heterocycles. The molecule has 1 saturated heterocycles. The van der Waals surface area contributed by atoms with Gasteiger partial charge in [-0.3, -0.25) is 4.79 Å². The van der Waals surface area contributed by atoms with Gasteiger partial charge in [0.2, 0.25) is 5.91 Å². The third-order valence-corrected chi connectivity index (χ3v) is 4.53. The van der Waals surface area contributed by atoms with Gasteiger partial charge >= 0.3 is 18.3 Å². The van der Waals surface area contributed by atoms with Gasteiger partial charge in [0.25, 0.3) is 0 Å². The Labute approximate surface area is 178 Å². The zero-order valence-corrected chi connectivity index (χ0v) is 18.2. The Morgan fingerprint density at radius 1 is 1.04 bits per heavy atom. The van der Waals surface area contributed by atoms with E-state index in [9.17, 15) is 19.2 Å². The largest absolute Gasteiger partial charge is 0.453 e. The lowest BCUT2D eigenvalue weighted by molar-refractivity contribution is -0.135. The topological polar surface area (TPSA) is 127 Å². The smallest absolute Gasteiger partial charge is 0.419 e. The first-order chi connectivity index (χ1) is 13.4. The number of hydrogen-bond acceptors (Lipinski definition) is 7. The first-order valence-corrected chi connectivity index (χ1v) is 9.92. The molecule has 0 aromatic carbocycles. The maximum atomic E-state index is 12.8. The molecule has 1 unspecified atom stereocenters. The fourth-order valence-corrected chi connectivity index (χ4v) is 2.97. The number of halogens is 1. The monoisotopic (exact) mass is 514 g/mol. The third kappa shape index (κ3) is 8.35. The van der Waals surface area contributed by atoms with Gasteiger partial charge < -0.3 is 33.0 Å². The van der Waals surface area contributed by atoms with Crippen molar-refractivity contribution < 1.29 is 31.7 Å². The van der Waals surface area contributed by atoms with E-state index in [2.05, 4.69) is 18.4 Å². The number of methoxy groups -OCH3 is 1. The van der Waals surface area contributed by atoms with Crippen LogP contribution in [0.15, 0.2) is 0 Å². The van der Waals surface area contributed by atoms with Crippen molar-refractivity contribution in [2.24, 2.45) is 0 Å². The van der Waals surface area contributed by atoms with Gasteiger partial charge in [-0.25, -0.2) is 14.4 Å². The Morgan fingerprint density at radius 2 is 1.68 bits per heavy atom. The summed E-state index contributed by atoms with van der Waals surface area (Å²) in [5.41, 5.74) is 0. The number of carbonyl (C=O) groups excluding carboxylic acids is 4. The second kappa shape index (κ2) is 13.2. The van der Waals surface area contributed by atoms with Crippen LogP contribution in [0.5, 0.6) is 0 Å². The van der Waals surface area contributed by atoms with Crippen molar-refractivity contribution >= 4 is 47.2 Å². The second-order valence-corrected chi connectivity index (χ2v) is 6.43.